The first kappa shape index (κ1) is 15.8. The van der Waals surface area contributed by atoms with E-state index in [1.165, 1.54) is 0 Å². The predicted octanol–water partition coefficient (Wildman–Crippen LogP) is 2.53. The number of rotatable bonds is 7. The minimum atomic E-state index is -4.28. The smallest absolute Gasteiger partial charge is 0.411 e. The Hall–Kier alpha value is -1.27. The summed E-state index contributed by atoms with van der Waals surface area (Å²) >= 11 is 0. The van der Waals surface area contributed by atoms with Crippen LogP contribution in [0.4, 0.5) is 13.2 Å². The van der Waals surface area contributed by atoms with Gasteiger partial charge in [-0.2, -0.15) is 13.2 Å². The van der Waals surface area contributed by atoms with Crippen LogP contribution in [-0.4, -0.2) is 32.5 Å². The number of methoxy groups -OCH3 is 1. The van der Waals surface area contributed by atoms with Crippen molar-refractivity contribution >= 4 is 0 Å². The monoisotopic (exact) mass is 277 g/mol. The lowest BCUT2D eigenvalue weighted by molar-refractivity contribution is -0.174. The van der Waals surface area contributed by atoms with Crippen molar-refractivity contribution in [2.45, 2.75) is 25.1 Å². The molecule has 1 rings (SSSR count). The summed E-state index contributed by atoms with van der Waals surface area (Å²) in [6.07, 6.45) is -3.37. The number of nitrogens with two attached hydrogens (primary N) is 1. The summed E-state index contributed by atoms with van der Waals surface area (Å²) in [4.78, 5) is 0. The van der Waals surface area contributed by atoms with Crippen LogP contribution in [0.15, 0.2) is 24.3 Å². The van der Waals surface area contributed by atoms with Crippen molar-refractivity contribution in [3.8, 4) is 5.75 Å². The van der Waals surface area contributed by atoms with Gasteiger partial charge in [0.1, 0.15) is 12.4 Å². The van der Waals surface area contributed by atoms with E-state index in [-0.39, 0.29) is 12.6 Å². The van der Waals surface area contributed by atoms with Gasteiger partial charge in [-0.3, -0.25) is 0 Å². The van der Waals surface area contributed by atoms with Gasteiger partial charge < -0.3 is 15.2 Å². The van der Waals surface area contributed by atoms with Gasteiger partial charge >= 0.3 is 6.18 Å². The molecule has 0 saturated heterocycles. The lowest BCUT2D eigenvalue weighted by Gasteiger charge is -2.14. The van der Waals surface area contributed by atoms with E-state index in [2.05, 4.69) is 4.74 Å². The number of benzene rings is 1. The third-order valence-corrected chi connectivity index (χ3v) is 2.57. The summed E-state index contributed by atoms with van der Waals surface area (Å²) in [5.74, 6) is 0.731. The van der Waals surface area contributed by atoms with Crippen molar-refractivity contribution in [1.82, 2.24) is 0 Å². The molecule has 0 aliphatic carbocycles. The van der Waals surface area contributed by atoms with E-state index in [1.54, 1.807) is 7.11 Å². The molecule has 1 unspecified atom stereocenters. The van der Waals surface area contributed by atoms with Crippen LogP contribution >= 0.6 is 0 Å². The fourth-order valence-corrected chi connectivity index (χ4v) is 1.68. The zero-order valence-corrected chi connectivity index (χ0v) is 10.7. The second kappa shape index (κ2) is 7.35. The van der Waals surface area contributed by atoms with E-state index in [0.717, 1.165) is 11.3 Å². The second-order valence-corrected chi connectivity index (χ2v) is 4.23. The molecule has 0 spiro atoms. The average molecular weight is 277 g/mol. The molecule has 2 N–H and O–H groups in total. The zero-order valence-electron chi connectivity index (χ0n) is 10.7. The lowest BCUT2D eigenvalue weighted by Crippen LogP contribution is -2.26. The number of hydrogen-bond donors (Lipinski definition) is 1. The van der Waals surface area contributed by atoms with Crippen LogP contribution in [0.2, 0.25) is 0 Å². The molecule has 3 nitrogen and oxygen atoms in total. The molecule has 19 heavy (non-hydrogen) atoms. The van der Waals surface area contributed by atoms with Crippen molar-refractivity contribution in [1.29, 1.82) is 0 Å². The largest absolute Gasteiger partial charge is 0.496 e. The predicted molar refractivity (Wildman–Crippen MR) is 66.2 cm³/mol. The molecule has 0 saturated carbocycles. The SMILES string of the molecule is COc1ccccc1CC(N)CCOCC(F)(F)F. The van der Waals surface area contributed by atoms with Gasteiger partial charge in [-0.25, -0.2) is 0 Å². The molecule has 0 heterocycles. The fourth-order valence-electron chi connectivity index (χ4n) is 1.68. The Bertz CT molecular complexity index is 382. The van der Waals surface area contributed by atoms with Crippen LogP contribution in [0.25, 0.3) is 0 Å². The van der Waals surface area contributed by atoms with Gasteiger partial charge in [0, 0.05) is 12.6 Å². The van der Waals surface area contributed by atoms with Crippen LogP contribution < -0.4 is 10.5 Å². The summed E-state index contributed by atoms with van der Waals surface area (Å²) in [6.45, 7) is -1.23. The molecular weight excluding hydrogens is 259 g/mol. The van der Waals surface area contributed by atoms with Crippen molar-refractivity contribution in [3.05, 3.63) is 29.8 Å². The third-order valence-electron chi connectivity index (χ3n) is 2.57. The Kier molecular flexibility index (Phi) is 6.11. The third kappa shape index (κ3) is 6.45. The summed E-state index contributed by atoms with van der Waals surface area (Å²) in [7, 11) is 1.57. The molecule has 0 bridgehead atoms. The minimum absolute atomic E-state index is 0.00414. The quantitative estimate of drug-likeness (QED) is 0.779. The Labute approximate surface area is 110 Å². The van der Waals surface area contributed by atoms with E-state index in [9.17, 15) is 13.2 Å². The highest BCUT2D eigenvalue weighted by atomic mass is 19.4. The van der Waals surface area contributed by atoms with Crippen LogP contribution in [0.5, 0.6) is 5.75 Å². The molecule has 108 valence electrons. The van der Waals surface area contributed by atoms with Gasteiger partial charge in [-0.15, -0.1) is 0 Å². The van der Waals surface area contributed by atoms with Gasteiger partial charge in [-0.05, 0) is 24.5 Å². The van der Waals surface area contributed by atoms with Crippen molar-refractivity contribution < 1.29 is 22.6 Å². The number of alkyl halides is 3. The maximum Gasteiger partial charge on any atom is 0.411 e. The van der Waals surface area contributed by atoms with Crippen molar-refractivity contribution in [2.75, 3.05) is 20.3 Å². The Balaban J connectivity index is 2.33. The topological polar surface area (TPSA) is 44.5 Å². The number of hydrogen-bond acceptors (Lipinski definition) is 3. The van der Waals surface area contributed by atoms with E-state index in [0.29, 0.717) is 12.8 Å². The first-order chi connectivity index (χ1) is 8.92. The molecule has 0 amide bonds. The normalized spacial score (nSPS) is 13.3. The first-order valence-electron chi connectivity index (χ1n) is 5.94. The van der Waals surface area contributed by atoms with Crippen molar-refractivity contribution in [3.63, 3.8) is 0 Å². The van der Waals surface area contributed by atoms with Gasteiger partial charge in [0.2, 0.25) is 0 Å². The zero-order chi connectivity index (χ0) is 14.3. The van der Waals surface area contributed by atoms with Crippen LogP contribution in [0, 0.1) is 0 Å². The van der Waals surface area contributed by atoms with E-state index in [4.69, 9.17) is 10.5 Å². The molecule has 0 aromatic heterocycles. The summed E-state index contributed by atoms with van der Waals surface area (Å²) in [6, 6.07) is 7.16. The fraction of sp³-hybridized carbons (Fsp3) is 0.538. The van der Waals surface area contributed by atoms with Gasteiger partial charge in [-0.1, -0.05) is 18.2 Å². The number of ether oxygens (including phenoxy) is 2. The van der Waals surface area contributed by atoms with E-state index < -0.39 is 12.8 Å². The van der Waals surface area contributed by atoms with Crippen LogP contribution in [0.3, 0.4) is 0 Å². The number of para-hydroxylation sites is 1. The van der Waals surface area contributed by atoms with Gasteiger partial charge in [0.15, 0.2) is 0 Å². The number of halogens is 3. The summed E-state index contributed by atoms with van der Waals surface area (Å²) in [5.41, 5.74) is 6.80. The standard InChI is InChI=1S/C13H18F3NO2/c1-18-12-5-3-2-4-10(12)8-11(17)6-7-19-9-13(14,15)16/h2-5,11H,6-9,17H2,1H3. The highest BCUT2D eigenvalue weighted by Crippen LogP contribution is 2.19. The van der Waals surface area contributed by atoms with Gasteiger partial charge in [0.25, 0.3) is 0 Å². The molecular formula is C13H18F3NO2. The molecule has 1 atom stereocenters. The van der Waals surface area contributed by atoms with Gasteiger partial charge in [0.05, 0.1) is 7.11 Å². The molecule has 1 aromatic rings. The Morgan fingerprint density at radius 1 is 1.26 bits per heavy atom. The average Bonchev–Trinajstić information content (AvgIpc) is 2.34. The highest BCUT2D eigenvalue weighted by molar-refractivity contribution is 5.33. The highest BCUT2D eigenvalue weighted by Gasteiger charge is 2.27. The van der Waals surface area contributed by atoms with Crippen molar-refractivity contribution in [2.24, 2.45) is 5.73 Å². The molecule has 0 radical (unpaired) electrons. The summed E-state index contributed by atoms with van der Waals surface area (Å²) < 4.78 is 45.3. The Morgan fingerprint density at radius 3 is 2.58 bits per heavy atom. The maximum absolute atomic E-state index is 11.9. The molecule has 0 aliphatic heterocycles. The Morgan fingerprint density at radius 2 is 1.95 bits per heavy atom. The molecule has 1 aromatic carbocycles. The molecule has 0 aliphatic rings. The second-order valence-electron chi connectivity index (χ2n) is 4.23. The summed E-state index contributed by atoms with van der Waals surface area (Å²) in [5, 5.41) is 0. The van der Waals surface area contributed by atoms with Crippen LogP contribution in [-0.2, 0) is 11.2 Å². The van der Waals surface area contributed by atoms with E-state index in [1.807, 2.05) is 24.3 Å². The molecule has 0 fully saturated rings. The molecule has 6 heteroatoms. The minimum Gasteiger partial charge on any atom is -0.496 e. The lowest BCUT2D eigenvalue weighted by atomic mass is 10.0. The first-order valence-corrected chi connectivity index (χ1v) is 5.94. The van der Waals surface area contributed by atoms with E-state index >= 15 is 0 Å². The van der Waals surface area contributed by atoms with Crippen LogP contribution in [0.1, 0.15) is 12.0 Å². The maximum atomic E-state index is 11.9.